The minimum absolute atomic E-state index is 0.172. The van der Waals surface area contributed by atoms with Gasteiger partial charge in [0.1, 0.15) is 11.5 Å². The van der Waals surface area contributed by atoms with Gasteiger partial charge in [-0.15, -0.1) is 0 Å². The third kappa shape index (κ3) is 5.48. The second kappa shape index (κ2) is 11.0. The Labute approximate surface area is 215 Å². The van der Waals surface area contributed by atoms with Crippen LogP contribution < -0.4 is 14.8 Å². The number of amides is 1. The lowest BCUT2D eigenvalue weighted by molar-refractivity contribution is 0.0953. The second-order valence-corrected chi connectivity index (χ2v) is 8.70. The summed E-state index contributed by atoms with van der Waals surface area (Å²) in [5.41, 5.74) is 4.94. The van der Waals surface area contributed by atoms with Gasteiger partial charge in [0.2, 0.25) is 0 Å². The van der Waals surface area contributed by atoms with Crippen LogP contribution >= 0.6 is 0 Å². The molecule has 0 atom stereocenters. The van der Waals surface area contributed by atoms with E-state index >= 15 is 0 Å². The summed E-state index contributed by atoms with van der Waals surface area (Å²) in [6.07, 6.45) is 3.30. The van der Waals surface area contributed by atoms with Crippen LogP contribution in [0.15, 0.2) is 79.0 Å². The van der Waals surface area contributed by atoms with Gasteiger partial charge in [-0.3, -0.25) is 9.48 Å². The molecule has 1 amide bonds. The molecule has 0 unspecified atom stereocenters. The monoisotopic (exact) mass is 495 g/mol. The zero-order valence-corrected chi connectivity index (χ0v) is 20.9. The molecule has 0 aliphatic rings. The van der Waals surface area contributed by atoms with Gasteiger partial charge in [0, 0.05) is 24.7 Å². The third-order valence-electron chi connectivity index (χ3n) is 6.17. The van der Waals surface area contributed by atoms with E-state index in [-0.39, 0.29) is 5.91 Å². The maximum atomic E-state index is 13.3. The number of nitrogens with zero attached hydrogens (tertiary/aromatic N) is 3. The highest BCUT2D eigenvalue weighted by molar-refractivity contribution is 6.00. The smallest absolute Gasteiger partial charge is 0.255 e. The van der Waals surface area contributed by atoms with Crippen LogP contribution in [0.5, 0.6) is 11.5 Å². The van der Waals surface area contributed by atoms with Gasteiger partial charge in [-0.05, 0) is 42.3 Å². The van der Waals surface area contributed by atoms with Crippen LogP contribution in [0.1, 0.15) is 28.2 Å². The first-order valence-corrected chi connectivity index (χ1v) is 12.2. The number of rotatable bonds is 10. The van der Waals surface area contributed by atoms with Crippen LogP contribution in [0.25, 0.3) is 22.3 Å². The molecule has 3 aromatic carbocycles. The number of aromatic nitrogens is 4. The highest BCUT2D eigenvalue weighted by atomic mass is 16.5. The molecule has 8 nitrogen and oxygen atoms in total. The summed E-state index contributed by atoms with van der Waals surface area (Å²) in [4.78, 5) is 21.2. The zero-order valence-electron chi connectivity index (χ0n) is 20.9. The van der Waals surface area contributed by atoms with E-state index in [1.807, 2.05) is 72.8 Å². The van der Waals surface area contributed by atoms with Gasteiger partial charge in [-0.25, -0.2) is 4.98 Å². The average Bonchev–Trinajstić information content (AvgIpc) is 3.55. The highest BCUT2D eigenvalue weighted by Gasteiger charge is 2.19. The molecule has 0 aliphatic heterocycles. The highest BCUT2D eigenvalue weighted by Crippen LogP contribution is 2.33. The standard InChI is InChI=1S/C29H29N5O3/c1-36-25-15-14-21(17-26(25)37-2)28-22(19-34(33-28)18-20-9-4-3-5-10-20)29(35)30-16-8-13-27-31-23-11-6-7-12-24(23)32-27/h3-7,9-12,14-15,17,19H,8,13,16,18H2,1-2H3,(H,30,35)(H,31,32). The number of methoxy groups -OCH3 is 2. The molecule has 2 heterocycles. The molecule has 0 radical (unpaired) electrons. The molecule has 0 spiro atoms. The Bertz CT molecular complexity index is 1470. The van der Waals surface area contributed by atoms with Gasteiger partial charge in [0.15, 0.2) is 11.5 Å². The Morgan fingerprint density at radius 2 is 1.76 bits per heavy atom. The van der Waals surface area contributed by atoms with Gasteiger partial charge in [-0.2, -0.15) is 5.10 Å². The number of hydrogen-bond donors (Lipinski definition) is 2. The molecule has 0 aliphatic carbocycles. The van der Waals surface area contributed by atoms with E-state index in [1.54, 1.807) is 25.1 Å². The molecule has 188 valence electrons. The number of hydrogen-bond acceptors (Lipinski definition) is 5. The quantitative estimate of drug-likeness (QED) is 0.270. The van der Waals surface area contributed by atoms with Crippen molar-refractivity contribution in [2.45, 2.75) is 19.4 Å². The molecule has 5 rings (SSSR count). The van der Waals surface area contributed by atoms with Crippen molar-refractivity contribution in [3.63, 3.8) is 0 Å². The molecule has 8 heteroatoms. The van der Waals surface area contributed by atoms with E-state index < -0.39 is 0 Å². The Balaban J connectivity index is 1.33. The predicted molar refractivity (Wildman–Crippen MR) is 143 cm³/mol. The summed E-state index contributed by atoms with van der Waals surface area (Å²) >= 11 is 0. The van der Waals surface area contributed by atoms with Crippen LogP contribution in [0.4, 0.5) is 0 Å². The summed E-state index contributed by atoms with van der Waals surface area (Å²) in [6, 6.07) is 23.5. The molecule has 2 N–H and O–H groups in total. The number of benzene rings is 3. The van der Waals surface area contributed by atoms with Crippen LogP contribution in [0.3, 0.4) is 0 Å². The van der Waals surface area contributed by atoms with Crippen molar-refractivity contribution >= 4 is 16.9 Å². The lowest BCUT2D eigenvalue weighted by Crippen LogP contribution is -2.25. The number of carbonyl (C=O) groups is 1. The van der Waals surface area contributed by atoms with Gasteiger partial charge in [-0.1, -0.05) is 42.5 Å². The number of para-hydroxylation sites is 2. The van der Waals surface area contributed by atoms with Crippen molar-refractivity contribution in [3.05, 3.63) is 95.9 Å². The Morgan fingerprint density at radius 1 is 0.973 bits per heavy atom. The van der Waals surface area contributed by atoms with Gasteiger partial charge in [0.05, 0.1) is 37.4 Å². The van der Waals surface area contributed by atoms with E-state index in [9.17, 15) is 4.79 Å². The van der Waals surface area contributed by atoms with Crippen molar-refractivity contribution in [2.24, 2.45) is 0 Å². The fraction of sp³-hybridized carbons (Fsp3) is 0.207. The fourth-order valence-corrected chi connectivity index (χ4v) is 4.31. The molecular weight excluding hydrogens is 466 g/mol. The van der Waals surface area contributed by atoms with Gasteiger partial charge in [0.25, 0.3) is 5.91 Å². The maximum Gasteiger partial charge on any atom is 0.255 e. The lowest BCUT2D eigenvalue weighted by Gasteiger charge is -2.09. The number of aromatic amines is 1. The first-order chi connectivity index (χ1) is 18.1. The topological polar surface area (TPSA) is 94.1 Å². The number of nitrogens with one attached hydrogen (secondary N) is 2. The molecule has 0 saturated heterocycles. The molecule has 0 bridgehead atoms. The maximum absolute atomic E-state index is 13.3. The minimum Gasteiger partial charge on any atom is -0.493 e. The first-order valence-electron chi connectivity index (χ1n) is 12.2. The summed E-state index contributed by atoms with van der Waals surface area (Å²) in [7, 11) is 3.18. The molecule has 37 heavy (non-hydrogen) atoms. The Morgan fingerprint density at radius 3 is 2.54 bits per heavy atom. The number of carbonyl (C=O) groups excluding carboxylic acids is 1. The van der Waals surface area contributed by atoms with E-state index in [0.29, 0.717) is 35.8 Å². The largest absolute Gasteiger partial charge is 0.493 e. The Kier molecular flexibility index (Phi) is 7.16. The number of fused-ring (bicyclic) bond motifs is 1. The summed E-state index contributed by atoms with van der Waals surface area (Å²) < 4.78 is 12.6. The van der Waals surface area contributed by atoms with Gasteiger partial charge >= 0.3 is 0 Å². The second-order valence-electron chi connectivity index (χ2n) is 8.70. The van der Waals surface area contributed by atoms with Gasteiger partial charge < -0.3 is 19.8 Å². The molecule has 2 aromatic heterocycles. The normalized spacial score (nSPS) is 11.0. The lowest BCUT2D eigenvalue weighted by atomic mass is 10.1. The molecule has 0 fully saturated rings. The van der Waals surface area contributed by atoms with Crippen LogP contribution in [-0.4, -0.2) is 46.4 Å². The van der Waals surface area contributed by atoms with E-state index in [2.05, 4.69) is 15.3 Å². The summed E-state index contributed by atoms with van der Waals surface area (Å²) in [5, 5.41) is 7.82. The van der Waals surface area contributed by atoms with Crippen molar-refractivity contribution in [1.29, 1.82) is 0 Å². The molecule has 5 aromatic rings. The van der Waals surface area contributed by atoms with Crippen molar-refractivity contribution in [1.82, 2.24) is 25.1 Å². The van der Waals surface area contributed by atoms with Crippen LogP contribution in [-0.2, 0) is 13.0 Å². The SMILES string of the molecule is COc1ccc(-c2nn(Cc3ccccc3)cc2C(=O)NCCCc2nc3ccccc3[nH]2)cc1OC. The molecule has 0 saturated carbocycles. The number of imidazole rings is 1. The van der Waals surface area contributed by atoms with Crippen molar-refractivity contribution < 1.29 is 14.3 Å². The van der Waals surface area contributed by atoms with E-state index in [0.717, 1.165) is 40.8 Å². The number of aryl methyl sites for hydroxylation is 1. The zero-order chi connectivity index (χ0) is 25.6. The first kappa shape index (κ1) is 24.1. The van der Waals surface area contributed by atoms with Crippen molar-refractivity contribution in [2.75, 3.05) is 20.8 Å². The number of H-pyrrole nitrogens is 1. The summed E-state index contributed by atoms with van der Waals surface area (Å²) in [6.45, 7) is 1.07. The summed E-state index contributed by atoms with van der Waals surface area (Å²) in [5.74, 6) is 1.94. The van der Waals surface area contributed by atoms with Crippen LogP contribution in [0, 0.1) is 0 Å². The van der Waals surface area contributed by atoms with E-state index in [1.165, 1.54) is 0 Å². The van der Waals surface area contributed by atoms with E-state index in [4.69, 9.17) is 14.6 Å². The van der Waals surface area contributed by atoms with Crippen molar-refractivity contribution in [3.8, 4) is 22.8 Å². The Hall–Kier alpha value is -4.59. The van der Waals surface area contributed by atoms with Crippen LogP contribution in [0.2, 0.25) is 0 Å². The third-order valence-corrected chi connectivity index (χ3v) is 6.17. The fourth-order valence-electron chi connectivity index (χ4n) is 4.31. The predicted octanol–water partition coefficient (Wildman–Crippen LogP) is 4.85. The molecular formula is C29H29N5O3. The number of ether oxygens (including phenoxy) is 2. The average molecular weight is 496 g/mol. The minimum atomic E-state index is -0.172.